The van der Waals surface area contributed by atoms with E-state index >= 15 is 0 Å². The number of hydrogen-bond acceptors (Lipinski definition) is 3. The van der Waals surface area contributed by atoms with Gasteiger partial charge in [0, 0.05) is 19.0 Å². The Kier molecular flexibility index (Phi) is 4.55. The Hall–Kier alpha value is -2.37. The summed E-state index contributed by atoms with van der Waals surface area (Å²) < 4.78 is 18.7. The van der Waals surface area contributed by atoms with Crippen LogP contribution in [0.5, 0.6) is 0 Å². The molecule has 3 rings (SSSR count). The molecule has 0 aliphatic heterocycles. The van der Waals surface area contributed by atoms with E-state index < -0.39 is 0 Å². The molecule has 0 atom stereocenters. The number of nitrogens with zero attached hydrogens (tertiary/aromatic N) is 2. The molecule has 0 saturated heterocycles. The number of nitrogens with one attached hydrogen (secondary N) is 2. The van der Waals surface area contributed by atoms with Crippen LogP contribution in [-0.4, -0.2) is 24.5 Å². The molecular weight excluding hydrogens is 307 g/mol. The number of halogens is 1. The summed E-state index contributed by atoms with van der Waals surface area (Å²) in [6.07, 6.45) is 2.20. The lowest BCUT2D eigenvalue weighted by Gasteiger charge is -2.18. The Morgan fingerprint density at radius 2 is 1.96 bits per heavy atom. The van der Waals surface area contributed by atoms with Crippen molar-refractivity contribution in [2.75, 3.05) is 13.6 Å². The monoisotopic (exact) mass is 330 g/mol. The molecule has 128 valence electrons. The van der Waals surface area contributed by atoms with E-state index in [0.29, 0.717) is 18.4 Å². The Labute approximate surface area is 141 Å². The lowest BCUT2D eigenvalue weighted by Crippen LogP contribution is -2.41. The molecule has 0 unspecified atom stereocenters. The Balaban J connectivity index is 1.55. The first-order valence-corrected chi connectivity index (χ1v) is 8.16. The van der Waals surface area contributed by atoms with E-state index in [1.807, 2.05) is 26.0 Å². The number of oxazole rings is 1. The molecule has 5 nitrogen and oxygen atoms in total. The molecule has 1 saturated carbocycles. The second-order valence-corrected chi connectivity index (χ2v) is 6.32. The van der Waals surface area contributed by atoms with Crippen molar-refractivity contribution in [1.29, 1.82) is 0 Å². The number of benzene rings is 1. The quantitative estimate of drug-likeness (QED) is 0.654. The van der Waals surface area contributed by atoms with Gasteiger partial charge < -0.3 is 15.1 Å². The van der Waals surface area contributed by atoms with Gasteiger partial charge in [-0.2, -0.15) is 0 Å². The summed E-state index contributed by atoms with van der Waals surface area (Å²) in [5.74, 6) is 1.99. The van der Waals surface area contributed by atoms with Gasteiger partial charge >= 0.3 is 0 Å². The van der Waals surface area contributed by atoms with Crippen LogP contribution in [0, 0.1) is 19.7 Å². The van der Waals surface area contributed by atoms with Crippen molar-refractivity contribution in [3.8, 4) is 0 Å². The highest BCUT2D eigenvalue weighted by atomic mass is 19.1. The number of aromatic nitrogens is 1. The zero-order valence-corrected chi connectivity index (χ0v) is 14.3. The maximum absolute atomic E-state index is 13.1. The first-order valence-electron chi connectivity index (χ1n) is 8.16. The van der Waals surface area contributed by atoms with E-state index in [1.165, 1.54) is 17.7 Å². The first kappa shape index (κ1) is 16.5. The summed E-state index contributed by atoms with van der Waals surface area (Å²) in [6, 6.07) is 6.79. The fraction of sp³-hybridized carbons (Fsp3) is 0.444. The van der Waals surface area contributed by atoms with E-state index in [2.05, 4.69) is 20.6 Å². The van der Waals surface area contributed by atoms with E-state index in [0.717, 1.165) is 30.8 Å². The fourth-order valence-electron chi connectivity index (χ4n) is 2.77. The summed E-state index contributed by atoms with van der Waals surface area (Å²) in [7, 11) is 1.73. The fourth-order valence-corrected chi connectivity index (χ4v) is 2.77. The highest BCUT2D eigenvalue weighted by molar-refractivity contribution is 5.79. The van der Waals surface area contributed by atoms with Crippen molar-refractivity contribution >= 4 is 5.96 Å². The summed E-state index contributed by atoms with van der Waals surface area (Å²) in [6.45, 7) is 5.08. The lowest BCUT2D eigenvalue weighted by atomic mass is 9.96. The molecule has 1 aromatic carbocycles. The van der Waals surface area contributed by atoms with E-state index in [4.69, 9.17) is 4.42 Å². The highest BCUT2D eigenvalue weighted by Crippen LogP contribution is 2.47. The Morgan fingerprint density at radius 1 is 1.25 bits per heavy atom. The molecule has 2 aromatic rings. The third-order valence-electron chi connectivity index (χ3n) is 4.61. The number of rotatable bonds is 5. The van der Waals surface area contributed by atoms with E-state index in [9.17, 15) is 4.39 Å². The van der Waals surface area contributed by atoms with Gasteiger partial charge in [0.2, 0.25) is 5.89 Å². The van der Waals surface area contributed by atoms with Gasteiger partial charge in [0.05, 0.1) is 12.2 Å². The number of hydrogen-bond donors (Lipinski definition) is 2. The van der Waals surface area contributed by atoms with Gasteiger partial charge in [-0.3, -0.25) is 4.99 Å². The summed E-state index contributed by atoms with van der Waals surface area (Å²) >= 11 is 0. The summed E-state index contributed by atoms with van der Waals surface area (Å²) in [4.78, 5) is 8.58. The van der Waals surface area contributed by atoms with Crippen LogP contribution in [0.3, 0.4) is 0 Å². The van der Waals surface area contributed by atoms with Crippen LogP contribution in [0.1, 0.15) is 35.7 Å². The van der Waals surface area contributed by atoms with Crippen LogP contribution >= 0.6 is 0 Å². The minimum atomic E-state index is -0.198. The zero-order chi connectivity index (χ0) is 17.2. The van der Waals surface area contributed by atoms with Gasteiger partial charge in [-0.15, -0.1) is 0 Å². The molecule has 0 spiro atoms. The standard InChI is InChI=1S/C18H23FN4O/c1-12-13(2)24-16(23-12)10-21-17(20-3)22-11-18(8-9-18)14-4-6-15(19)7-5-14/h4-7H,8-11H2,1-3H3,(H2,20,21,22). The van der Waals surface area contributed by atoms with Gasteiger partial charge in [-0.25, -0.2) is 9.37 Å². The van der Waals surface area contributed by atoms with Gasteiger partial charge in [0.1, 0.15) is 11.6 Å². The van der Waals surface area contributed by atoms with Gasteiger partial charge in [0.25, 0.3) is 0 Å². The van der Waals surface area contributed by atoms with Crippen molar-refractivity contribution in [1.82, 2.24) is 15.6 Å². The average Bonchev–Trinajstić information content (AvgIpc) is 3.29. The molecule has 2 N–H and O–H groups in total. The zero-order valence-electron chi connectivity index (χ0n) is 14.3. The summed E-state index contributed by atoms with van der Waals surface area (Å²) in [5.41, 5.74) is 2.16. The molecule has 1 aliphatic carbocycles. The lowest BCUT2D eigenvalue weighted by molar-refractivity contribution is 0.463. The Bertz CT molecular complexity index is 712. The van der Waals surface area contributed by atoms with Gasteiger partial charge in [-0.05, 0) is 44.4 Å². The van der Waals surface area contributed by atoms with Crippen LogP contribution in [0.15, 0.2) is 33.7 Å². The molecule has 1 aliphatic rings. The first-order chi connectivity index (χ1) is 11.5. The maximum Gasteiger partial charge on any atom is 0.214 e. The van der Waals surface area contributed by atoms with Crippen LogP contribution in [-0.2, 0) is 12.0 Å². The second-order valence-electron chi connectivity index (χ2n) is 6.32. The molecule has 0 radical (unpaired) electrons. The Morgan fingerprint density at radius 3 is 2.50 bits per heavy atom. The minimum absolute atomic E-state index is 0.0848. The second kappa shape index (κ2) is 6.63. The molecule has 24 heavy (non-hydrogen) atoms. The minimum Gasteiger partial charge on any atom is -0.444 e. The third-order valence-corrected chi connectivity index (χ3v) is 4.61. The largest absolute Gasteiger partial charge is 0.444 e. The smallest absolute Gasteiger partial charge is 0.214 e. The van der Waals surface area contributed by atoms with E-state index in [-0.39, 0.29) is 11.2 Å². The van der Waals surface area contributed by atoms with Crippen LogP contribution < -0.4 is 10.6 Å². The number of aliphatic imine (C=N–C) groups is 1. The molecule has 1 fully saturated rings. The van der Waals surface area contributed by atoms with Crippen molar-refractivity contribution < 1.29 is 8.81 Å². The van der Waals surface area contributed by atoms with Crippen molar-refractivity contribution in [3.05, 3.63) is 53.0 Å². The summed E-state index contributed by atoms with van der Waals surface area (Å²) in [5, 5.41) is 6.56. The predicted molar refractivity (Wildman–Crippen MR) is 91.5 cm³/mol. The van der Waals surface area contributed by atoms with E-state index in [1.54, 1.807) is 7.05 Å². The van der Waals surface area contributed by atoms with Crippen molar-refractivity contribution in [2.24, 2.45) is 4.99 Å². The molecular formula is C18H23FN4O. The molecule has 0 amide bonds. The molecule has 0 bridgehead atoms. The van der Waals surface area contributed by atoms with Crippen LogP contribution in [0.25, 0.3) is 0 Å². The van der Waals surface area contributed by atoms with Crippen LogP contribution in [0.2, 0.25) is 0 Å². The molecule has 1 heterocycles. The van der Waals surface area contributed by atoms with Crippen molar-refractivity contribution in [2.45, 2.75) is 38.6 Å². The third kappa shape index (κ3) is 3.58. The van der Waals surface area contributed by atoms with Gasteiger partial charge in [0.15, 0.2) is 5.96 Å². The maximum atomic E-state index is 13.1. The topological polar surface area (TPSA) is 62.5 Å². The van der Waals surface area contributed by atoms with Crippen molar-refractivity contribution in [3.63, 3.8) is 0 Å². The number of guanidine groups is 1. The SMILES string of the molecule is CN=C(NCc1nc(C)c(C)o1)NCC1(c2ccc(F)cc2)CC1. The molecule has 6 heteroatoms. The van der Waals surface area contributed by atoms with Crippen LogP contribution in [0.4, 0.5) is 4.39 Å². The molecule has 1 aromatic heterocycles. The average molecular weight is 330 g/mol. The number of aryl methyl sites for hydroxylation is 2. The van der Waals surface area contributed by atoms with Gasteiger partial charge in [-0.1, -0.05) is 12.1 Å². The highest BCUT2D eigenvalue weighted by Gasteiger charge is 2.44. The predicted octanol–water partition coefficient (Wildman–Crippen LogP) is 2.83. The normalized spacial score (nSPS) is 16.1.